The zero-order valence-electron chi connectivity index (χ0n) is 15.6. The normalized spacial score (nSPS) is 24.0. The first kappa shape index (κ1) is 19.4. The largest absolute Gasteiger partial charge is 0.484 e. The zero-order chi connectivity index (χ0) is 20.6. The van der Waals surface area contributed by atoms with Gasteiger partial charge in [-0.05, 0) is 37.5 Å². The first-order valence-corrected chi connectivity index (χ1v) is 9.42. The van der Waals surface area contributed by atoms with Gasteiger partial charge in [0.05, 0.1) is 12.1 Å². The van der Waals surface area contributed by atoms with Crippen LogP contribution < -0.4 is 20.1 Å². The maximum absolute atomic E-state index is 13.4. The van der Waals surface area contributed by atoms with Gasteiger partial charge in [0.15, 0.2) is 6.61 Å². The number of nitrogens with one attached hydrogen (secondary N) is 2. The molecule has 9 heteroatoms. The van der Waals surface area contributed by atoms with Gasteiger partial charge in [-0.1, -0.05) is 17.7 Å². The van der Waals surface area contributed by atoms with Crippen molar-refractivity contribution in [1.82, 2.24) is 15.6 Å². The molecule has 0 atom stereocenters. The van der Waals surface area contributed by atoms with Crippen molar-refractivity contribution in [3.05, 3.63) is 52.9 Å². The molecule has 0 spiro atoms. The second kappa shape index (κ2) is 7.18. The van der Waals surface area contributed by atoms with Gasteiger partial charge in [0.1, 0.15) is 17.3 Å². The Bertz CT molecular complexity index is 964. The first-order chi connectivity index (χ1) is 13.8. The van der Waals surface area contributed by atoms with E-state index < -0.39 is 5.82 Å². The van der Waals surface area contributed by atoms with E-state index in [0.717, 1.165) is 6.07 Å². The Morgan fingerprint density at radius 2 is 1.90 bits per heavy atom. The smallest absolute Gasteiger partial charge is 0.270 e. The van der Waals surface area contributed by atoms with Crippen molar-refractivity contribution in [3.63, 3.8) is 0 Å². The summed E-state index contributed by atoms with van der Waals surface area (Å²) >= 11 is 5.62. The molecule has 3 aliphatic carbocycles. The third-order valence-electron chi connectivity index (χ3n) is 5.24. The summed E-state index contributed by atoms with van der Waals surface area (Å²) in [6, 6.07) is 9.00. The van der Waals surface area contributed by atoms with Crippen molar-refractivity contribution in [1.29, 1.82) is 0 Å². The Labute approximate surface area is 171 Å². The lowest BCUT2D eigenvalue weighted by atomic mass is 9.44. The standard InChI is InChI=1S/C20H19ClFN3O4/c1-28-17-4-2-3-15(23-17)18(27)25-20-9-19(10-20,11-20)24-16(26)8-29-12-5-6-13(21)14(22)7-12/h2-7H,8-11H2,1H3,(H,24,26)(H,25,27). The fraction of sp³-hybridized carbons (Fsp3) is 0.350. The van der Waals surface area contributed by atoms with Crippen molar-refractivity contribution in [2.75, 3.05) is 13.7 Å². The van der Waals surface area contributed by atoms with Gasteiger partial charge < -0.3 is 20.1 Å². The molecule has 2 amide bonds. The highest BCUT2D eigenvalue weighted by Gasteiger charge is 2.69. The van der Waals surface area contributed by atoms with Gasteiger partial charge >= 0.3 is 0 Å². The summed E-state index contributed by atoms with van der Waals surface area (Å²) in [4.78, 5) is 28.7. The fourth-order valence-corrected chi connectivity index (χ4v) is 4.18. The van der Waals surface area contributed by atoms with E-state index in [1.54, 1.807) is 18.2 Å². The minimum atomic E-state index is -0.604. The van der Waals surface area contributed by atoms with Gasteiger partial charge in [-0.2, -0.15) is 0 Å². The van der Waals surface area contributed by atoms with E-state index in [0.29, 0.717) is 25.1 Å². The number of halogens is 2. The van der Waals surface area contributed by atoms with E-state index >= 15 is 0 Å². The summed E-state index contributed by atoms with van der Waals surface area (Å²) < 4.78 is 23.7. The van der Waals surface area contributed by atoms with Gasteiger partial charge in [-0.25, -0.2) is 9.37 Å². The van der Waals surface area contributed by atoms with Crippen LogP contribution in [0.4, 0.5) is 4.39 Å². The van der Waals surface area contributed by atoms with Gasteiger partial charge in [0, 0.05) is 23.2 Å². The van der Waals surface area contributed by atoms with E-state index in [4.69, 9.17) is 21.1 Å². The minimum Gasteiger partial charge on any atom is -0.484 e. The number of amides is 2. The number of ether oxygens (including phenoxy) is 2. The number of carbonyl (C=O) groups is 2. The minimum absolute atomic E-state index is 0.00726. The summed E-state index contributed by atoms with van der Waals surface area (Å²) in [7, 11) is 1.49. The molecule has 1 aromatic carbocycles. The lowest BCUT2D eigenvalue weighted by Gasteiger charge is -2.70. The lowest BCUT2D eigenvalue weighted by Crippen LogP contribution is -2.84. The van der Waals surface area contributed by atoms with Crippen LogP contribution in [-0.2, 0) is 4.79 Å². The third kappa shape index (κ3) is 3.85. The van der Waals surface area contributed by atoms with Crippen LogP contribution in [0.2, 0.25) is 5.02 Å². The molecule has 3 saturated carbocycles. The number of hydrogen-bond donors (Lipinski definition) is 2. The third-order valence-corrected chi connectivity index (χ3v) is 5.55. The quantitative estimate of drug-likeness (QED) is 0.719. The Hall–Kier alpha value is -2.87. The molecule has 0 aliphatic heterocycles. The molecule has 1 aromatic heterocycles. The summed E-state index contributed by atoms with van der Waals surface area (Å²) in [6.07, 6.45) is 1.95. The number of methoxy groups -OCH3 is 1. The molecule has 7 nitrogen and oxygen atoms in total. The predicted molar refractivity (Wildman–Crippen MR) is 103 cm³/mol. The van der Waals surface area contributed by atoms with E-state index in [9.17, 15) is 14.0 Å². The highest BCUT2D eigenvalue weighted by atomic mass is 35.5. The second-order valence-electron chi connectivity index (χ2n) is 7.52. The molecule has 29 heavy (non-hydrogen) atoms. The number of hydrogen-bond acceptors (Lipinski definition) is 5. The molecule has 2 N–H and O–H groups in total. The maximum Gasteiger partial charge on any atom is 0.270 e. The molecular formula is C20H19ClFN3O4. The second-order valence-corrected chi connectivity index (χ2v) is 7.93. The number of benzene rings is 1. The lowest BCUT2D eigenvalue weighted by molar-refractivity contribution is -0.141. The van der Waals surface area contributed by atoms with Gasteiger partial charge in [-0.3, -0.25) is 9.59 Å². The van der Waals surface area contributed by atoms with E-state index in [-0.39, 0.29) is 46.0 Å². The Balaban J connectivity index is 1.24. The van der Waals surface area contributed by atoms with Gasteiger partial charge in [-0.15, -0.1) is 0 Å². The molecule has 2 bridgehead atoms. The molecule has 5 rings (SSSR count). The first-order valence-electron chi connectivity index (χ1n) is 9.05. The average molecular weight is 420 g/mol. The molecule has 0 unspecified atom stereocenters. The summed E-state index contributed by atoms with van der Waals surface area (Å²) in [5.41, 5.74) is -0.341. The topological polar surface area (TPSA) is 89.6 Å². The van der Waals surface area contributed by atoms with Crippen molar-refractivity contribution >= 4 is 23.4 Å². The van der Waals surface area contributed by atoms with Crippen molar-refractivity contribution in [2.24, 2.45) is 0 Å². The molecular weight excluding hydrogens is 401 g/mol. The van der Waals surface area contributed by atoms with Crippen LogP contribution in [0, 0.1) is 5.82 Å². The van der Waals surface area contributed by atoms with Crippen molar-refractivity contribution in [3.8, 4) is 11.6 Å². The average Bonchev–Trinajstić information content (AvgIpc) is 2.66. The van der Waals surface area contributed by atoms with Crippen LogP contribution in [-0.4, -0.2) is 41.6 Å². The maximum atomic E-state index is 13.4. The fourth-order valence-electron chi connectivity index (χ4n) is 4.06. The number of rotatable bonds is 7. The molecule has 3 aliphatic rings. The van der Waals surface area contributed by atoms with E-state index in [1.165, 1.54) is 19.2 Å². The molecule has 1 heterocycles. The number of nitrogens with zero attached hydrogens (tertiary/aromatic N) is 1. The van der Waals surface area contributed by atoms with Crippen LogP contribution in [0.3, 0.4) is 0 Å². The zero-order valence-corrected chi connectivity index (χ0v) is 16.4. The van der Waals surface area contributed by atoms with Crippen molar-refractivity contribution in [2.45, 2.75) is 30.3 Å². The predicted octanol–water partition coefficient (Wildman–Crippen LogP) is 2.48. The molecule has 0 radical (unpaired) electrons. The van der Waals surface area contributed by atoms with Gasteiger partial charge in [0.25, 0.3) is 11.8 Å². The van der Waals surface area contributed by atoms with Crippen LogP contribution in [0.25, 0.3) is 0 Å². The highest BCUT2D eigenvalue weighted by Crippen LogP contribution is 2.60. The number of pyridine rings is 1. The van der Waals surface area contributed by atoms with Crippen molar-refractivity contribution < 1.29 is 23.5 Å². The van der Waals surface area contributed by atoms with E-state index in [1.807, 2.05) is 0 Å². The molecule has 2 aromatic rings. The molecule has 152 valence electrons. The molecule has 3 fully saturated rings. The highest BCUT2D eigenvalue weighted by molar-refractivity contribution is 6.30. The number of aromatic nitrogens is 1. The number of carbonyl (C=O) groups excluding carboxylic acids is 2. The monoisotopic (exact) mass is 419 g/mol. The molecule has 0 saturated heterocycles. The van der Waals surface area contributed by atoms with Crippen LogP contribution >= 0.6 is 11.6 Å². The summed E-state index contributed by atoms with van der Waals surface area (Å²) in [6.45, 7) is -0.226. The van der Waals surface area contributed by atoms with Crippen LogP contribution in [0.1, 0.15) is 29.8 Å². The SMILES string of the molecule is COc1cccc(C(=O)NC23CC(NC(=O)COc4ccc(Cl)c(F)c4)(C2)C3)n1. The van der Waals surface area contributed by atoms with Crippen LogP contribution in [0.15, 0.2) is 36.4 Å². The Kier molecular flexibility index (Phi) is 4.82. The van der Waals surface area contributed by atoms with Crippen LogP contribution in [0.5, 0.6) is 11.6 Å². The summed E-state index contributed by atoms with van der Waals surface area (Å²) in [5.74, 6) is -0.563. The van der Waals surface area contributed by atoms with Gasteiger partial charge in [0.2, 0.25) is 5.88 Å². The Morgan fingerprint density at radius 1 is 1.17 bits per heavy atom. The summed E-state index contributed by atoms with van der Waals surface area (Å²) in [5, 5.41) is 5.93. The Morgan fingerprint density at radius 3 is 2.59 bits per heavy atom. The van der Waals surface area contributed by atoms with E-state index in [2.05, 4.69) is 15.6 Å².